The first-order valence-corrected chi connectivity index (χ1v) is 5.54. The molecule has 0 bridgehead atoms. The van der Waals surface area contributed by atoms with Crippen molar-refractivity contribution >= 4 is 5.91 Å². The highest BCUT2D eigenvalue weighted by molar-refractivity contribution is 5.80. The normalized spacial score (nSPS) is 11.8. The molecule has 1 N–H and O–H groups in total. The molecular formula is C12H17N3O2. The molecule has 0 fully saturated rings. The van der Waals surface area contributed by atoms with Crippen LogP contribution in [0.5, 0.6) is 0 Å². The first kappa shape index (κ1) is 13.3. The Hall–Kier alpha value is -1.80. The molecule has 5 nitrogen and oxygen atoms in total. The molecule has 1 amide bonds. The van der Waals surface area contributed by atoms with Crippen LogP contribution >= 0.6 is 0 Å². The number of aromatic nitrogens is 1. The van der Waals surface area contributed by atoms with E-state index in [0.29, 0.717) is 18.8 Å². The van der Waals surface area contributed by atoms with Crippen molar-refractivity contribution in [3.8, 4) is 6.07 Å². The number of nitriles is 1. The summed E-state index contributed by atoms with van der Waals surface area (Å²) in [4.78, 5) is 11.8. The lowest BCUT2D eigenvalue weighted by atomic mass is 10.3. The molecular weight excluding hydrogens is 218 g/mol. The zero-order chi connectivity index (χ0) is 12.7. The Balaban J connectivity index is 2.50. The lowest BCUT2D eigenvalue weighted by molar-refractivity contribution is -0.123. The summed E-state index contributed by atoms with van der Waals surface area (Å²) in [7, 11) is 1.63. The van der Waals surface area contributed by atoms with Gasteiger partial charge in [-0.15, -0.1) is 0 Å². The average Bonchev–Trinajstić information content (AvgIpc) is 2.81. The molecule has 1 unspecified atom stereocenters. The summed E-state index contributed by atoms with van der Waals surface area (Å²) in [6.45, 7) is 2.98. The number of hydrogen-bond acceptors (Lipinski definition) is 3. The number of hydrogen-bond donors (Lipinski definition) is 1. The van der Waals surface area contributed by atoms with Gasteiger partial charge < -0.3 is 14.6 Å². The Morgan fingerprint density at radius 1 is 1.71 bits per heavy atom. The molecule has 1 rings (SSSR count). The van der Waals surface area contributed by atoms with Crippen LogP contribution in [-0.4, -0.2) is 30.7 Å². The van der Waals surface area contributed by atoms with Crippen molar-refractivity contribution in [1.29, 1.82) is 5.26 Å². The van der Waals surface area contributed by atoms with Crippen LogP contribution in [0.3, 0.4) is 0 Å². The predicted octanol–water partition coefficient (Wildman–Crippen LogP) is 1.07. The number of methoxy groups -OCH3 is 1. The van der Waals surface area contributed by atoms with E-state index in [-0.39, 0.29) is 11.9 Å². The Morgan fingerprint density at radius 3 is 3.12 bits per heavy atom. The molecule has 0 saturated heterocycles. The van der Waals surface area contributed by atoms with Crippen LogP contribution in [0.25, 0.3) is 0 Å². The fraction of sp³-hybridized carbons (Fsp3) is 0.500. The minimum atomic E-state index is -0.373. The van der Waals surface area contributed by atoms with Crippen molar-refractivity contribution in [2.24, 2.45) is 0 Å². The SMILES string of the molecule is COCCCNC(=O)C(C)n1cccc1C#N. The minimum Gasteiger partial charge on any atom is -0.385 e. The van der Waals surface area contributed by atoms with E-state index in [9.17, 15) is 4.79 Å². The van der Waals surface area contributed by atoms with Crippen LogP contribution in [0.15, 0.2) is 18.3 Å². The van der Waals surface area contributed by atoms with Gasteiger partial charge in [-0.05, 0) is 25.5 Å². The van der Waals surface area contributed by atoms with Gasteiger partial charge in [0.1, 0.15) is 17.8 Å². The molecule has 1 heterocycles. The van der Waals surface area contributed by atoms with E-state index in [4.69, 9.17) is 10.00 Å². The highest BCUT2D eigenvalue weighted by Crippen LogP contribution is 2.10. The van der Waals surface area contributed by atoms with Crippen molar-refractivity contribution in [2.75, 3.05) is 20.3 Å². The number of ether oxygens (including phenoxy) is 1. The van der Waals surface area contributed by atoms with E-state index in [2.05, 4.69) is 11.4 Å². The Kier molecular flexibility index (Phi) is 5.24. The van der Waals surface area contributed by atoms with Gasteiger partial charge in [0, 0.05) is 26.5 Å². The third-order valence-corrected chi connectivity index (χ3v) is 2.51. The molecule has 0 aliphatic heterocycles. The standard InChI is InChI=1S/C12H17N3O2/c1-10(12(16)14-6-4-8-17-2)15-7-3-5-11(15)9-13/h3,5,7,10H,4,6,8H2,1-2H3,(H,14,16). The maximum Gasteiger partial charge on any atom is 0.242 e. The van der Waals surface area contributed by atoms with E-state index < -0.39 is 0 Å². The zero-order valence-corrected chi connectivity index (χ0v) is 10.1. The first-order valence-electron chi connectivity index (χ1n) is 5.54. The van der Waals surface area contributed by atoms with Gasteiger partial charge in [-0.1, -0.05) is 0 Å². The monoisotopic (exact) mass is 235 g/mol. The largest absolute Gasteiger partial charge is 0.385 e. The highest BCUT2D eigenvalue weighted by atomic mass is 16.5. The van der Waals surface area contributed by atoms with E-state index in [1.54, 1.807) is 36.9 Å². The van der Waals surface area contributed by atoms with E-state index in [0.717, 1.165) is 6.42 Å². The summed E-state index contributed by atoms with van der Waals surface area (Å²) in [5, 5.41) is 11.7. The zero-order valence-electron chi connectivity index (χ0n) is 10.1. The number of nitrogens with one attached hydrogen (secondary N) is 1. The molecule has 1 aromatic heterocycles. The van der Waals surface area contributed by atoms with Gasteiger partial charge in [-0.25, -0.2) is 0 Å². The van der Waals surface area contributed by atoms with Crippen molar-refractivity contribution in [1.82, 2.24) is 9.88 Å². The maximum absolute atomic E-state index is 11.8. The lowest BCUT2D eigenvalue weighted by Crippen LogP contribution is -2.32. The van der Waals surface area contributed by atoms with Crippen molar-refractivity contribution < 1.29 is 9.53 Å². The van der Waals surface area contributed by atoms with Gasteiger partial charge in [-0.3, -0.25) is 4.79 Å². The van der Waals surface area contributed by atoms with Crippen molar-refractivity contribution in [3.63, 3.8) is 0 Å². The third kappa shape index (κ3) is 3.61. The molecule has 0 radical (unpaired) electrons. The average molecular weight is 235 g/mol. The number of nitrogens with zero attached hydrogens (tertiary/aromatic N) is 2. The molecule has 17 heavy (non-hydrogen) atoms. The van der Waals surface area contributed by atoms with Crippen LogP contribution in [-0.2, 0) is 9.53 Å². The van der Waals surface area contributed by atoms with Crippen LogP contribution < -0.4 is 5.32 Å². The van der Waals surface area contributed by atoms with Gasteiger partial charge in [0.15, 0.2) is 0 Å². The Morgan fingerprint density at radius 2 is 2.47 bits per heavy atom. The molecule has 0 aliphatic rings. The molecule has 0 saturated carbocycles. The van der Waals surface area contributed by atoms with Crippen LogP contribution in [0, 0.1) is 11.3 Å². The number of carbonyl (C=O) groups is 1. The van der Waals surface area contributed by atoms with Crippen LogP contribution in [0.4, 0.5) is 0 Å². The summed E-state index contributed by atoms with van der Waals surface area (Å²) in [5.74, 6) is -0.0891. The number of rotatable bonds is 6. The summed E-state index contributed by atoms with van der Waals surface area (Å²) in [6, 6.07) is 5.12. The quantitative estimate of drug-likeness (QED) is 0.750. The Bertz CT molecular complexity index is 406. The second-order valence-electron chi connectivity index (χ2n) is 3.73. The van der Waals surface area contributed by atoms with Crippen molar-refractivity contribution in [2.45, 2.75) is 19.4 Å². The molecule has 0 aliphatic carbocycles. The molecule has 0 spiro atoms. The van der Waals surface area contributed by atoms with E-state index in [1.807, 2.05) is 0 Å². The fourth-order valence-corrected chi connectivity index (χ4v) is 1.53. The molecule has 1 aromatic rings. The van der Waals surface area contributed by atoms with Crippen LogP contribution in [0.2, 0.25) is 0 Å². The van der Waals surface area contributed by atoms with Gasteiger partial charge in [0.25, 0.3) is 0 Å². The predicted molar refractivity (Wildman–Crippen MR) is 63.4 cm³/mol. The Labute approximate surface area is 101 Å². The van der Waals surface area contributed by atoms with Gasteiger partial charge >= 0.3 is 0 Å². The molecule has 92 valence electrons. The number of amides is 1. The van der Waals surface area contributed by atoms with Gasteiger partial charge in [-0.2, -0.15) is 5.26 Å². The van der Waals surface area contributed by atoms with Crippen LogP contribution in [0.1, 0.15) is 25.1 Å². The molecule has 0 aromatic carbocycles. The topological polar surface area (TPSA) is 67.0 Å². The molecule has 1 atom stereocenters. The minimum absolute atomic E-state index is 0.0891. The second kappa shape index (κ2) is 6.71. The smallest absolute Gasteiger partial charge is 0.242 e. The van der Waals surface area contributed by atoms with Gasteiger partial charge in [0.05, 0.1) is 0 Å². The maximum atomic E-state index is 11.8. The lowest BCUT2D eigenvalue weighted by Gasteiger charge is -2.14. The summed E-state index contributed by atoms with van der Waals surface area (Å²) >= 11 is 0. The second-order valence-corrected chi connectivity index (χ2v) is 3.73. The summed E-state index contributed by atoms with van der Waals surface area (Å²) < 4.78 is 6.55. The highest BCUT2D eigenvalue weighted by Gasteiger charge is 2.15. The summed E-state index contributed by atoms with van der Waals surface area (Å²) in [5.41, 5.74) is 0.490. The third-order valence-electron chi connectivity index (χ3n) is 2.51. The first-order chi connectivity index (χ1) is 8.20. The van der Waals surface area contributed by atoms with Gasteiger partial charge in [0.2, 0.25) is 5.91 Å². The fourth-order valence-electron chi connectivity index (χ4n) is 1.53. The number of carbonyl (C=O) groups excluding carboxylic acids is 1. The van der Waals surface area contributed by atoms with Crippen molar-refractivity contribution in [3.05, 3.63) is 24.0 Å². The summed E-state index contributed by atoms with van der Waals surface area (Å²) in [6.07, 6.45) is 2.52. The van der Waals surface area contributed by atoms with E-state index >= 15 is 0 Å². The molecule has 5 heteroatoms. The van der Waals surface area contributed by atoms with E-state index in [1.165, 1.54) is 0 Å².